The number of nitrogens with one attached hydrogen (secondary N) is 1. The van der Waals surface area contributed by atoms with Crippen LogP contribution < -0.4 is 5.32 Å². The molecule has 1 amide bonds. The van der Waals surface area contributed by atoms with E-state index >= 15 is 0 Å². The first-order chi connectivity index (χ1) is 6.09. The molecule has 0 aromatic heterocycles. The lowest BCUT2D eigenvalue weighted by molar-refractivity contribution is -0.146. The first-order valence-electron chi connectivity index (χ1n) is 4.17. The monoisotopic (exact) mass is 189 g/mol. The van der Waals surface area contributed by atoms with Gasteiger partial charge < -0.3 is 15.2 Å². The molecule has 0 saturated heterocycles. The molecule has 0 radical (unpaired) electrons. The highest BCUT2D eigenvalue weighted by molar-refractivity contribution is 5.96. The molecule has 0 spiro atoms. The minimum atomic E-state index is -1.12. The van der Waals surface area contributed by atoms with Gasteiger partial charge in [-0.3, -0.25) is 9.59 Å². The zero-order chi connectivity index (χ0) is 10.3. The van der Waals surface area contributed by atoms with Crippen molar-refractivity contribution in [2.75, 3.05) is 19.8 Å². The second kappa shape index (κ2) is 6.42. The second-order valence-electron chi connectivity index (χ2n) is 2.55. The smallest absolute Gasteiger partial charge is 0.315 e. The fourth-order valence-corrected chi connectivity index (χ4v) is 0.656. The van der Waals surface area contributed by atoms with Gasteiger partial charge in [0.05, 0.1) is 6.61 Å². The van der Waals surface area contributed by atoms with Crippen molar-refractivity contribution in [1.82, 2.24) is 5.32 Å². The number of hydrogen-bond donors (Lipinski definition) is 2. The first kappa shape index (κ1) is 11.9. The van der Waals surface area contributed by atoms with Gasteiger partial charge in [-0.15, -0.1) is 0 Å². The lowest BCUT2D eigenvalue weighted by Crippen LogP contribution is -2.35. The zero-order valence-electron chi connectivity index (χ0n) is 7.87. The van der Waals surface area contributed by atoms with Crippen molar-refractivity contribution in [3.63, 3.8) is 0 Å². The molecule has 5 nitrogen and oxygen atoms in total. The predicted octanol–water partition coefficient (Wildman–Crippen LogP) is -0.140. The second-order valence-corrected chi connectivity index (χ2v) is 2.55. The Hall–Kier alpha value is -1.10. The van der Waals surface area contributed by atoms with Crippen molar-refractivity contribution in [3.8, 4) is 0 Å². The number of carboxylic acids is 1. The van der Waals surface area contributed by atoms with Gasteiger partial charge in [0.25, 0.3) is 0 Å². The molecule has 0 aliphatic carbocycles. The summed E-state index contributed by atoms with van der Waals surface area (Å²) >= 11 is 0. The summed E-state index contributed by atoms with van der Waals surface area (Å²) in [4.78, 5) is 21.3. The number of hydrogen-bond acceptors (Lipinski definition) is 3. The topological polar surface area (TPSA) is 75.6 Å². The highest BCUT2D eigenvalue weighted by atomic mass is 16.5. The standard InChI is InChI=1S/C8H15NO4/c1-3-13-5-4-9-7(10)6(2)8(11)12/h6H,3-5H2,1-2H3,(H,9,10)(H,11,12). The van der Waals surface area contributed by atoms with E-state index in [4.69, 9.17) is 9.84 Å². The van der Waals surface area contributed by atoms with Crippen LogP contribution in [0.5, 0.6) is 0 Å². The third-order valence-electron chi connectivity index (χ3n) is 1.51. The minimum Gasteiger partial charge on any atom is -0.481 e. The Balaban J connectivity index is 3.56. The van der Waals surface area contributed by atoms with Crippen molar-refractivity contribution in [1.29, 1.82) is 0 Å². The Morgan fingerprint density at radius 2 is 2.15 bits per heavy atom. The Labute approximate surface area is 77.1 Å². The van der Waals surface area contributed by atoms with Crippen molar-refractivity contribution >= 4 is 11.9 Å². The number of rotatable bonds is 6. The van der Waals surface area contributed by atoms with Gasteiger partial charge in [-0.25, -0.2) is 0 Å². The van der Waals surface area contributed by atoms with Crippen molar-refractivity contribution < 1.29 is 19.4 Å². The number of amides is 1. The van der Waals surface area contributed by atoms with Crippen molar-refractivity contribution in [2.24, 2.45) is 5.92 Å². The number of carbonyl (C=O) groups excluding carboxylic acids is 1. The number of aliphatic carboxylic acids is 1. The molecule has 0 aromatic rings. The highest BCUT2D eigenvalue weighted by Crippen LogP contribution is 1.93. The maximum Gasteiger partial charge on any atom is 0.315 e. The van der Waals surface area contributed by atoms with E-state index in [1.54, 1.807) is 0 Å². The van der Waals surface area contributed by atoms with E-state index in [0.717, 1.165) is 0 Å². The summed E-state index contributed by atoms with van der Waals surface area (Å²) < 4.78 is 4.96. The molecule has 0 saturated carbocycles. The van der Waals surface area contributed by atoms with Gasteiger partial charge in [-0.2, -0.15) is 0 Å². The molecule has 0 aliphatic rings. The van der Waals surface area contributed by atoms with E-state index < -0.39 is 17.8 Å². The van der Waals surface area contributed by atoms with Crippen LogP contribution in [0.3, 0.4) is 0 Å². The van der Waals surface area contributed by atoms with Crippen LogP contribution in [0, 0.1) is 5.92 Å². The Morgan fingerprint density at radius 1 is 1.54 bits per heavy atom. The Bertz CT molecular complexity index is 181. The predicted molar refractivity (Wildman–Crippen MR) is 46.3 cm³/mol. The van der Waals surface area contributed by atoms with Crippen LogP contribution in [-0.4, -0.2) is 36.7 Å². The van der Waals surface area contributed by atoms with Crippen LogP contribution in [0.25, 0.3) is 0 Å². The van der Waals surface area contributed by atoms with Gasteiger partial charge in [0.2, 0.25) is 5.91 Å². The maximum atomic E-state index is 11.0. The molecular weight excluding hydrogens is 174 g/mol. The molecule has 1 unspecified atom stereocenters. The maximum absolute atomic E-state index is 11.0. The zero-order valence-corrected chi connectivity index (χ0v) is 7.87. The lowest BCUT2D eigenvalue weighted by Gasteiger charge is -2.07. The fraction of sp³-hybridized carbons (Fsp3) is 0.750. The summed E-state index contributed by atoms with van der Waals surface area (Å²) in [7, 11) is 0. The quantitative estimate of drug-likeness (QED) is 0.450. The summed E-state index contributed by atoms with van der Waals surface area (Å²) in [5.41, 5.74) is 0. The minimum absolute atomic E-state index is 0.351. The van der Waals surface area contributed by atoms with Crippen LogP contribution in [0.2, 0.25) is 0 Å². The van der Waals surface area contributed by atoms with E-state index in [0.29, 0.717) is 19.8 Å². The van der Waals surface area contributed by atoms with Crippen molar-refractivity contribution in [2.45, 2.75) is 13.8 Å². The van der Waals surface area contributed by atoms with Crippen molar-refractivity contribution in [3.05, 3.63) is 0 Å². The molecule has 0 aromatic carbocycles. The molecule has 13 heavy (non-hydrogen) atoms. The Kier molecular flexibility index (Phi) is 5.88. The highest BCUT2D eigenvalue weighted by Gasteiger charge is 2.19. The van der Waals surface area contributed by atoms with Gasteiger partial charge in [0.15, 0.2) is 0 Å². The van der Waals surface area contributed by atoms with Gasteiger partial charge >= 0.3 is 5.97 Å². The first-order valence-corrected chi connectivity index (χ1v) is 4.17. The van der Waals surface area contributed by atoms with Crippen LogP contribution >= 0.6 is 0 Å². The lowest BCUT2D eigenvalue weighted by atomic mass is 10.2. The van der Waals surface area contributed by atoms with E-state index in [2.05, 4.69) is 5.32 Å². The van der Waals surface area contributed by atoms with E-state index in [1.165, 1.54) is 6.92 Å². The van der Waals surface area contributed by atoms with Crippen LogP contribution in [-0.2, 0) is 14.3 Å². The average Bonchev–Trinajstić information content (AvgIpc) is 2.10. The molecule has 2 N–H and O–H groups in total. The van der Waals surface area contributed by atoms with Crippen LogP contribution in [0.4, 0.5) is 0 Å². The van der Waals surface area contributed by atoms with E-state index in [9.17, 15) is 9.59 Å². The molecule has 0 aliphatic heterocycles. The number of carbonyl (C=O) groups is 2. The van der Waals surface area contributed by atoms with Gasteiger partial charge in [0, 0.05) is 13.2 Å². The van der Waals surface area contributed by atoms with Crippen LogP contribution in [0.1, 0.15) is 13.8 Å². The molecule has 76 valence electrons. The third kappa shape index (κ3) is 5.19. The summed E-state index contributed by atoms with van der Waals surface area (Å²) in [5, 5.41) is 10.9. The number of ether oxygens (including phenoxy) is 1. The summed E-state index contributed by atoms with van der Waals surface area (Å²) in [6, 6.07) is 0. The van der Waals surface area contributed by atoms with Gasteiger partial charge in [0.1, 0.15) is 5.92 Å². The SMILES string of the molecule is CCOCCNC(=O)C(C)C(=O)O. The molecule has 0 bridgehead atoms. The van der Waals surface area contributed by atoms with E-state index in [1.807, 2.05) is 6.92 Å². The molecule has 0 fully saturated rings. The fourth-order valence-electron chi connectivity index (χ4n) is 0.656. The third-order valence-corrected chi connectivity index (χ3v) is 1.51. The molecule has 0 rings (SSSR count). The largest absolute Gasteiger partial charge is 0.481 e. The summed E-state index contributed by atoms with van der Waals surface area (Å²) in [6.45, 7) is 4.54. The Morgan fingerprint density at radius 3 is 2.62 bits per heavy atom. The molecule has 0 heterocycles. The van der Waals surface area contributed by atoms with Gasteiger partial charge in [-0.05, 0) is 13.8 Å². The average molecular weight is 189 g/mol. The molecular formula is C8H15NO4. The summed E-state index contributed by atoms with van der Waals surface area (Å²) in [5.74, 6) is -2.59. The number of carboxylic acid groups (broad SMARTS) is 1. The summed E-state index contributed by atoms with van der Waals surface area (Å²) in [6.07, 6.45) is 0. The van der Waals surface area contributed by atoms with Gasteiger partial charge in [-0.1, -0.05) is 0 Å². The molecule has 5 heteroatoms. The normalized spacial score (nSPS) is 12.2. The van der Waals surface area contributed by atoms with Crippen LogP contribution in [0.15, 0.2) is 0 Å². The molecule has 1 atom stereocenters. The van der Waals surface area contributed by atoms with E-state index in [-0.39, 0.29) is 0 Å².